The van der Waals surface area contributed by atoms with E-state index >= 15 is 0 Å². The van der Waals surface area contributed by atoms with Crippen LogP contribution in [-0.2, 0) is 0 Å². The molecule has 1 rings (SSSR count). The lowest BCUT2D eigenvalue weighted by molar-refractivity contribution is 0.00696. The monoisotopic (exact) mass is 254 g/mol. The second kappa shape index (κ2) is 6.38. The first-order chi connectivity index (χ1) is 8.39. The van der Waals surface area contributed by atoms with Crippen LogP contribution >= 0.6 is 0 Å². The van der Waals surface area contributed by atoms with Crippen LogP contribution in [0.1, 0.15) is 67.2 Å². The summed E-state index contributed by atoms with van der Waals surface area (Å²) in [6.45, 7) is 17.7. The Morgan fingerprint density at radius 1 is 1.17 bits per heavy atom. The zero-order valence-corrected chi connectivity index (χ0v) is 13.5. The average Bonchev–Trinajstić information content (AvgIpc) is 2.34. The van der Waals surface area contributed by atoms with Gasteiger partial charge in [-0.3, -0.25) is 4.90 Å². The lowest BCUT2D eigenvalue weighted by Crippen LogP contribution is -2.66. The molecular weight excluding hydrogens is 220 g/mol. The van der Waals surface area contributed by atoms with Gasteiger partial charge in [0.1, 0.15) is 0 Å². The molecule has 1 heterocycles. The Hall–Kier alpha value is -0.0800. The first-order valence-corrected chi connectivity index (χ1v) is 7.88. The number of nitrogens with zero attached hydrogens (tertiary/aromatic N) is 1. The smallest absolute Gasteiger partial charge is 0.0329 e. The summed E-state index contributed by atoms with van der Waals surface area (Å²) in [6.07, 6.45) is 5.15. The fraction of sp³-hybridized carbons (Fsp3) is 1.00. The molecule has 0 radical (unpaired) electrons. The van der Waals surface area contributed by atoms with Crippen molar-refractivity contribution in [3.63, 3.8) is 0 Å². The topological polar surface area (TPSA) is 15.3 Å². The van der Waals surface area contributed by atoms with Gasteiger partial charge in [0.15, 0.2) is 0 Å². The van der Waals surface area contributed by atoms with Crippen LogP contribution in [0.2, 0.25) is 0 Å². The molecule has 0 saturated carbocycles. The molecule has 1 unspecified atom stereocenters. The highest BCUT2D eigenvalue weighted by atomic mass is 15.3. The zero-order valence-electron chi connectivity index (χ0n) is 13.5. The van der Waals surface area contributed by atoms with Crippen molar-refractivity contribution in [2.75, 3.05) is 19.6 Å². The third-order valence-corrected chi connectivity index (χ3v) is 4.89. The third-order valence-electron chi connectivity index (χ3n) is 4.89. The number of piperazine rings is 1. The first kappa shape index (κ1) is 16.0. The highest BCUT2D eigenvalue weighted by Crippen LogP contribution is 2.32. The van der Waals surface area contributed by atoms with Gasteiger partial charge in [0.25, 0.3) is 0 Å². The molecule has 0 aromatic carbocycles. The van der Waals surface area contributed by atoms with E-state index in [2.05, 4.69) is 51.8 Å². The number of nitrogens with one attached hydrogen (secondary N) is 1. The van der Waals surface area contributed by atoms with E-state index in [4.69, 9.17) is 0 Å². The van der Waals surface area contributed by atoms with Crippen molar-refractivity contribution in [1.29, 1.82) is 0 Å². The van der Waals surface area contributed by atoms with Crippen molar-refractivity contribution in [3.8, 4) is 0 Å². The number of rotatable bonds is 5. The van der Waals surface area contributed by atoms with Crippen molar-refractivity contribution in [3.05, 3.63) is 0 Å². The summed E-state index contributed by atoms with van der Waals surface area (Å²) in [7, 11) is 0. The third kappa shape index (κ3) is 3.48. The minimum absolute atomic E-state index is 0.359. The van der Waals surface area contributed by atoms with E-state index in [0.717, 1.165) is 6.54 Å². The van der Waals surface area contributed by atoms with Crippen molar-refractivity contribution >= 4 is 0 Å². The molecule has 0 spiro atoms. The second-order valence-corrected chi connectivity index (χ2v) is 7.03. The maximum absolute atomic E-state index is 3.82. The Morgan fingerprint density at radius 3 is 2.22 bits per heavy atom. The minimum Gasteiger partial charge on any atom is -0.310 e. The lowest BCUT2D eigenvalue weighted by atomic mass is 9.80. The predicted octanol–water partition coefficient (Wildman–Crippen LogP) is 3.67. The molecule has 2 nitrogen and oxygen atoms in total. The summed E-state index contributed by atoms with van der Waals surface area (Å²) in [5.41, 5.74) is 0.759. The van der Waals surface area contributed by atoms with Gasteiger partial charge >= 0.3 is 0 Å². The van der Waals surface area contributed by atoms with Gasteiger partial charge in [-0.2, -0.15) is 0 Å². The predicted molar refractivity (Wildman–Crippen MR) is 81.0 cm³/mol. The highest BCUT2D eigenvalue weighted by molar-refractivity contribution is 5.00. The normalized spacial score (nSPS) is 25.3. The van der Waals surface area contributed by atoms with Crippen molar-refractivity contribution in [2.45, 2.75) is 78.8 Å². The van der Waals surface area contributed by atoms with E-state index in [1.54, 1.807) is 0 Å². The Kier molecular flexibility index (Phi) is 5.67. The fourth-order valence-corrected chi connectivity index (χ4v) is 3.11. The summed E-state index contributed by atoms with van der Waals surface area (Å²) < 4.78 is 0. The molecule has 0 aromatic heterocycles. The van der Waals surface area contributed by atoms with Gasteiger partial charge in [0.05, 0.1) is 0 Å². The SMILES string of the molecule is CCCCN1CC(C(C)(C)C)NCC1(CC)CC. The molecule has 1 atom stereocenters. The molecule has 108 valence electrons. The standard InChI is InChI=1S/C16H34N2/c1-7-10-11-18-12-14(15(4,5)6)17-13-16(18,8-2)9-3/h14,17H,7-13H2,1-6H3. The summed E-state index contributed by atoms with van der Waals surface area (Å²) in [5, 5.41) is 3.82. The van der Waals surface area contributed by atoms with Crippen molar-refractivity contribution < 1.29 is 0 Å². The molecule has 0 amide bonds. The van der Waals surface area contributed by atoms with Crippen LogP contribution in [0.4, 0.5) is 0 Å². The zero-order chi connectivity index (χ0) is 13.8. The van der Waals surface area contributed by atoms with Crippen molar-refractivity contribution in [2.24, 2.45) is 5.41 Å². The van der Waals surface area contributed by atoms with Gasteiger partial charge in [-0.15, -0.1) is 0 Å². The van der Waals surface area contributed by atoms with E-state index in [1.165, 1.54) is 38.8 Å². The molecule has 2 heteroatoms. The Labute approximate surface area is 115 Å². The lowest BCUT2D eigenvalue weighted by Gasteiger charge is -2.52. The maximum atomic E-state index is 3.82. The molecule has 0 bridgehead atoms. The van der Waals surface area contributed by atoms with Gasteiger partial charge in [0, 0.05) is 24.7 Å². The molecule has 18 heavy (non-hydrogen) atoms. The first-order valence-electron chi connectivity index (χ1n) is 7.88. The van der Waals surface area contributed by atoms with E-state index in [1.807, 2.05) is 0 Å². The van der Waals surface area contributed by atoms with Crippen LogP contribution in [0.5, 0.6) is 0 Å². The van der Waals surface area contributed by atoms with Crippen LogP contribution in [0.15, 0.2) is 0 Å². The van der Waals surface area contributed by atoms with Crippen molar-refractivity contribution in [1.82, 2.24) is 10.2 Å². The molecule has 0 aliphatic carbocycles. The highest BCUT2D eigenvalue weighted by Gasteiger charge is 2.41. The van der Waals surface area contributed by atoms with Gasteiger partial charge in [-0.25, -0.2) is 0 Å². The van der Waals surface area contributed by atoms with Gasteiger partial charge < -0.3 is 5.32 Å². The van der Waals surface area contributed by atoms with E-state index in [9.17, 15) is 0 Å². The largest absolute Gasteiger partial charge is 0.310 e. The molecule has 1 fully saturated rings. The average molecular weight is 254 g/mol. The summed E-state index contributed by atoms with van der Waals surface area (Å²) >= 11 is 0. The van der Waals surface area contributed by atoms with Gasteiger partial charge in [0.2, 0.25) is 0 Å². The van der Waals surface area contributed by atoms with Gasteiger partial charge in [-0.05, 0) is 31.2 Å². The Balaban J connectivity index is 2.78. The molecule has 0 aromatic rings. The van der Waals surface area contributed by atoms with Crippen LogP contribution in [0, 0.1) is 5.41 Å². The summed E-state index contributed by atoms with van der Waals surface area (Å²) in [5.74, 6) is 0. The summed E-state index contributed by atoms with van der Waals surface area (Å²) in [4.78, 5) is 2.78. The van der Waals surface area contributed by atoms with Crippen LogP contribution in [-0.4, -0.2) is 36.1 Å². The number of hydrogen-bond acceptors (Lipinski definition) is 2. The summed E-state index contributed by atoms with van der Waals surface area (Å²) in [6, 6.07) is 0.626. The quantitative estimate of drug-likeness (QED) is 0.805. The Bertz CT molecular complexity index is 238. The maximum Gasteiger partial charge on any atom is 0.0329 e. The molecule has 1 N–H and O–H groups in total. The molecule has 1 aliphatic rings. The van der Waals surface area contributed by atoms with E-state index in [-0.39, 0.29) is 0 Å². The van der Waals surface area contributed by atoms with E-state index in [0.29, 0.717) is 17.0 Å². The van der Waals surface area contributed by atoms with E-state index < -0.39 is 0 Å². The molecular formula is C16H34N2. The van der Waals surface area contributed by atoms with Gasteiger partial charge in [-0.1, -0.05) is 48.0 Å². The fourth-order valence-electron chi connectivity index (χ4n) is 3.11. The Morgan fingerprint density at radius 2 is 1.78 bits per heavy atom. The van der Waals surface area contributed by atoms with Crippen LogP contribution in [0.25, 0.3) is 0 Å². The number of unbranched alkanes of at least 4 members (excludes halogenated alkanes) is 1. The van der Waals surface area contributed by atoms with Crippen LogP contribution in [0.3, 0.4) is 0 Å². The number of hydrogen-bond donors (Lipinski definition) is 1. The molecule has 1 aliphatic heterocycles. The molecule has 1 saturated heterocycles. The van der Waals surface area contributed by atoms with Crippen LogP contribution < -0.4 is 5.32 Å². The second-order valence-electron chi connectivity index (χ2n) is 7.03. The minimum atomic E-state index is 0.359.